The van der Waals surface area contributed by atoms with Gasteiger partial charge in [0.15, 0.2) is 0 Å². The average Bonchev–Trinajstić information content (AvgIpc) is 2.60. The van der Waals surface area contributed by atoms with Gasteiger partial charge in [0.2, 0.25) is 5.91 Å². The molecule has 156 valence electrons. The van der Waals surface area contributed by atoms with Crippen LogP contribution in [0.1, 0.15) is 59.4 Å². The molecular formula is C21H30Cl2N2O3. The maximum absolute atomic E-state index is 13.4. The molecule has 1 aromatic carbocycles. The molecule has 1 atom stereocenters. The number of hydrogen-bond donors (Lipinski definition) is 0. The fraction of sp³-hybridized carbons (Fsp3) is 0.619. The van der Waals surface area contributed by atoms with Gasteiger partial charge < -0.3 is 9.64 Å². The number of ether oxygens (including phenoxy) is 1. The van der Waals surface area contributed by atoms with Gasteiger partial charge in [0, 0.05) is 19.1 Å². The zero-order chi connectivity index (χ0) is 21.1. The molecule has 1 aliphatic rings. The van der Waals surface area contributed by atoms with Crippen LogP contribution in [0.2, 0.25) is 10.0 Å². The van der Waals surface area contributed by atoms with Crippen LogP contribution in [-0.2, 0) is 16.1 Å². The fourth-order valence-electron chi connectivity index (χ4n) is 3.27. The molecule has 0 unspecified atom stereocenters. The Labute approximate surface area is 177 Å². The summed E-state index contributed by atoms with van der Waals surface area (Å²) in [6.07, 6.45) is 2.00. The molecule has 0 spiro atoms. The quantitative estimate of drug-likeness (QED) is 0.633. The van der Waals surface area contributed by atoms with E-state index < -0.39 is 17.7 Å². The van der Waals surface area contributed by atoms with Crippen molar-refractivity contribution in [1.82, 2.24) is 9.80 Å². The van der Waals surface area contributed by atoms with E-state index >= 15 is 0 Å². The summed E-state index contributed by atoms with van der Waals surface area (Å²) in [7, 11) is 0. The second-order valence-corrected chi connectivity index (χ2v) is 9.31. The van der Waals surface area contributed by atoms with Crippen molar-refractivity contribution in [3.63, 3.8) is 0 Å². The summed E-state index contributed by atoms with van der Waals surface area (Å²) in [5.41, 5.74) is 0.302. The molecule has 28 heavy (non-hydrogen) atoms. The number of rotatable bonds is 4. The van der Waals surface area contributed by atoms with Crippen LogP contribution in [-0.4, -0.2) is 46.0 Å². The molecule has 2 amide bonds. The van der Waals surface area contributed by atoms with Gasteiger partial charge >= 0.3 is 6.09 Å². The standard InChI is InChI=1S/C21H30Cl2N2O3/c1-14(2)25(13-15-9-10-16(22)17(23)12-15)19(26)18-8-6-7-11-24(18)20(27)28-21(3,4)5/h9-10,12,14,18H,6-8,11,13H2,1-5H3/t18-/m1/s1. The Morgan fingerprint density at radius 1 is 1.21 bits per heavy atom. The molecule has 1 aliphatic heterocycles. The summed E-state index contributed by atoms with van der Waals surface area (Å²) in [6.45, 7) is 10.4. The lowest BCUT2D eigenvalue weighted by molar-refractivity contribution is -0.140. The van der Waals surface area contributed by atoms with Gasteiger partial charge in [0.25, 0.3) is 0 Å². The number of amides is 2. The first-order chi connectivity index (χ1) is 13.0. The highest BCUT2D eigenvalue weighted by atomic mass is 35.5. The Morgan fingerprint density at radius 3 is 2.46 bits per heavy atom. The Bertz CT molecular complexity index is 716. The van der Waals surface area contributed by atoms with E-state index in [2.05, 4.69) is 0 Å². The van der Waals surface area contributed by atoms with E-state index in [1.54, 1.807) is 21.9 Å². The highest BCUT2D eigenvalue weighted by molar-refractivity contribution is 6.42. The Kier molecular flexibility index (Phi) is 7.63. The third-order valence-electron chi connectivity index (χ3n) is 4.66. The molecule has 0 saturated carbocycles. The molecule has 5 nitrogen and oxygen atoms in total. The maximum Gasteiger partial charge on any atom is 0.410 e. The van der Waals surface area contributed by atoms with Crippen molar-refractivity contribution in [3.05, 3.63) is 33.8 Å². The predicted molar refractivity (Wildman–Crippen MR) is 113 cm³/mol. The monoisotopic (exact) mass is 428 g/mol. The molecular weight excluding hydrogens is 399 g/mol. The van der Waals surface area contributed by atoms with Crippen molar-refractivity contribution in [2.75, 3.05) is 6.54 Å². The number of carbonyl (C=O) groups excluding carboxylic acids is 2. The molecule has 1 saturated heterocycles. The molecule has 0 N–H and O–H groups in total. The summed E-state index contributed by atoms with van der Waals surface area (Å²) in [5.74, 6) is -0.0633. The van der Waals surface area contributed by atoms with Gasteiger partial charge in [-0.15, -0.1) is 0 Å². The molecule has 0 radical (unpaired) electrons. The maximum atomic E-state index is 13.4. The van der Waals surface area contributed by atoms with Crippen molar-refractivity contribution in [1.29, 1.82) is 0 Å². The van der Waals surface area contributed by atoms with Crippen LogP contribution in [0.5, 0.6) is 0 Å². The first-order valence-electron chi connectivity index (χ1n) is 9.73. The number of likely N-dealkylation sites (tertiary alicyclic amines) is 1. The summed E-state index contributed by atoms with van der Waals surface area (Å²) < 4.78 is 5.53. The highest BCUT2D eigenvalue weighted by Gasteiger charge is 2.37. The zero-order valence-corrected chi connectivity index (χ0v) is 18.8. The molecule has 0 aliphatic carbocycles. The fourth-order valence-corrected chi connectivity index (χ4v) is 3.59. The van der Waals surface area contributed by atoms with Crippen molar-refractivity contribution >= 4 is 35.2 Å². The lowest BCUT2D eigenvalue weighted by atomic mass is 10.0. The van der Waals surface area contributed by atoms with Crippen LogP contribution in [0.25, 0.3) is 0 Å². The smallest absolute Gasteiger partial charge is 0.410 e. The van der Waals surface area contributed by atoms with Gasteiger partial charge in [-0.1, -0.05) is 29.3 Å². The first-order valence-corrected chi connectivity index (χ1v) is 10.5. The summed E-state index contributed by atoms with van der Waals surface area (Å²) >= 11 is 12.1. The van der Waals surface area contributed by atoms with Crippen LogP contribution < -0.4 is 0 Å². The number of nitrogens with zero attached hydrogens (tertiary/aromatic N) is 2. The zero-order valence-electron chi connectivity index (χ0n) is 17.3. The summed E-state index contributed by atoms with van der Waals surface area (Å²) in [6, 6.07) is 4.84. The molecule has 0 bridgehead atoms. The van der Waals surface area contributed by atoms with Crippen LogP contribution in [0.15, 0.2) is 18.2 Å². The van der Waals surface area contributed by atoms with Gasteiger partial charge in [0.1, 0.15) is 11.6 Å². The van der Waals surface area contributed by atoms with Crippen molar-refractivity contribution in [2.45, 2.75) is 78.1 Å². The third-order valence-corrected chi connectivity index (χ3v) is 5.40. The van der Waals surface area contributed by atoms with Crippen LogP contribution >= 0.6 is 23.2 Å². The Morgan fingerprint density at radius 2 is 1.89 bits per heavy atom. The number of halogens is 2. The van der Waals surface area contributed by atoms with E-state index in [1.165, 1.54) is 0 Å². The molecule has 7 heteroatoms. The minimum Gasteiger partial charge on any atom is -0.444 e. The number of carbonyl (C=O) groups is 2. The number of hydrogen-bond acceptors (Lipinski definition) is 3. The second-order valence-electron chi connectivity index (χ2n) is 8.49. The number of benzene rings is 1. The second kappa shape index (κ2) is 9.36. The van der Waals surface area contributed by atoms with E-state index in [1.807, 2.05) is 40.7 Å². The van der Waals surface area contributed by atoms with Gasteiger partial charge in [-0.2, -0.15) is 0 Å². The van der Waals surface area contributed by atoms with Crippen LogP contribution in [0, 0.1) is 0 Å². The Hall–Kier alpha value is -1.46. The van der Waals surface area contributed by atoms with Gasteiger partial charge in [0.05, 0.1) is 10.0 Å². The van der Waals surface area contributed by atoms with Gasteiger partial charge in [-0.05, 0) is 71.6 Å². The topological polar surface area (TPSA) is 49.9 Å². The number of piperidine rings is 1. The molecule has 1 aromatic rings. The molecule has 0 aromatic heterocycles. The van der Waals surface area contributed by atoms with E-state index in [-0.39, 0.29) is 11.9 Å². The highest BCUT2D eigenvalue weighted by Crippen LogP contribution is 2.26. The molecule has 2 rings (SSSR count). The van der Waals surface area contributed by atoms with Crippen molar-refractivity contribution < 1.29 is 14.3 Å². The van der Waals surface area contributed by atoms with Crippen LogP contribution in [0.4, 0.5) is 4.79 Å². The van der Waals surface area contributed by atoms with Crippen molar-refractivity contribution in [3.8, 4) is 0 Å². The van der Waals surface area contributed by atoms with E-state index in [0.717, 1.165) is 18.4 Å². The third kappa shape index (κ3) is 6.02. The van der Waals surface area contributed by atoms with Gasteiger partial charge in [-0.25, -0.2) is 4.79 Å². The predicted octanol–water partition coefficient (Wildman–Crippen LogP) is 5.52. The summed E-state index contributed by atoms with van der Waals surface area (Å²) in [4.78, 5) is 29.4. The minimum atomic E-state index is -0.597. The normalized spacial score (nSPS) is 17.6. The molecule has 1 heterocycles. The SMILES string of the molecule is CC(C)N(Cc1ccc(Cl)c(Cl)c1)C(=O)[C@H]1CCCCN1C(=O)OC(C)(C)C. The van der Waals surface area contributed by atoms with E-state index in [0.29, 0.717) is 29.6 Å². The largest absolute Gasteiger partial charge is 0.444 e. The van der Waals surface area contributed by atoms with Crippen LogP contribution in [0.3, 0.4) is 0 Å². The summed E-state index contributed by atoms with van der Waals surface area (Å²) in [5, 5.41) is 0.944. The minimum absolute atomic E-state index is 0.0237. The van der Waals surface area contributed by atoms with Gasteiger partial charge in [-0.3, -0.25) is 9.69 Å². The van der Waals surface area contributed by atoms with Crippen molar-refractivity contribution in [2.24, 2.45) is 0 Å². The average molecular weight is 429 g/mol. The first kappa shape index (κ1) is 22.8. The lowest BCUT2D eigenvalue weighted by Gasteiger charge is -2.39. The lowest BCUT2D eigenvalue weighted by Crippen LogP contribution is -2.55. The van der Waals surface area contributed by atoms with E-state index in [4.69, 9.17) is 27.9 Å². The van der Waals surface area contributed by atoms with E-state index in [9.17, 15) is 9.59 Å². The Balaban J connectivity index is 2.21. The molecule has 1 fully saturated rings.